The fourth-order valence-electron chi connectivity index (χ4n) is 2.85. The Morgan fingerprint density at radius 2 is 1.90 bits per heavy atom. The van der Waals surface area contributed by atoms with E-state index in [0.717, 1.165) is 12.8 Å². The van der Waals surface area contributed by atoms with Crippen LogP contribution in [-0.4, -0.2) is 38.0 Å². The van der Waals surface area contributed by atoms with Gasteiger partial charge in [0.25, 0.3) is 0 Å². The quantitative estimate of drug-likeness (QED) is 0.844. The molecule has 5 nitrogen and oxygen atoms in total. The largest absolute Gasteiger partial charge is 0.398 e. The summed E-state index contributed by atoms with van der Waals surface area (Å²) in [6, 6.07) is 3.04. The monoisotopic (exact) mass is 316 g/mol. The second-order valence-electron chi connectivity index (χ2n) is 5.40. The van der Waals surface area contributed by atoms with E-state index in [4.69, 9.17) is 22.1 Å². The van der Waals surface area contributed by atoms with E-state index in [-0.39, 0.29) is 17.1 Å². The molecule has 3 rings (SSSR count). The Morgan fingerprint density at radius 3 is 2.50 bits per heavy atom. The van der Waals surface area contributed by atoms with Crippen LogP contribution in [0.1, 0.15) is 18.4 Å². The number of hydrogen-bond acceptors (Lipinski definition) is 4. The number of rotatable bonds is 2. The van der Waals surface area contributed by atoms with Gasteiger partial charge in [-0.3, -0.25) is 0 Å². The Balaban J connectivity index is 2.00. The van der Waals surface area contributed by atoms with Crippen molar-refractivity contribution in [1.82, 2.24) is 4.31 Å². The molecule has 2 bridgehead atoms. The molecule has 7 heteroatoms. The van der Waals surface area contributed by atoms with Gasteiger partial charge in [-0.05, 0) is 37.5 Å². The minimum Gasteiger partial charge on any atom is -0.398 e. The van der Waals surface area contributed by atoms with Gasteiger partial charge in [0, 0.05) is 23.8 Å². The molecule has 2 heterocycles. The molecule has 2 atom stereocenters. The molecule has 2 N–H and O–H groups in total. The Labute approximate surface area is 123 Å². The van der Waals surface area contributed by atoms with Crippen molar-refractivity contribution in [2.75, 3.05) is 18.8 Å². The fraction of sp³-hybridized carbons (Fsp3) is 0.538. The first-order valence-electron chi connectivity index (χ1n) is 6.59. The summed E-state index contributed by atoms with van der Waals surface area (Å²) < 4.78 is 32.8. The summed E-state index contributed by atoms with van der Waals surface area (Å²) in [6.07, 6.45) is 1.88. The van der Waals surface area contributed by atoms with Crippen molar-refractivity contribution < 1.29 is 13.2 Å². The Morgan fingerprint density at radius 1 is 1.30 bits per heavy atom. The van der Waals surface area contributed by atoms with Crippen molar-refractivity contribution in [3.8, 4) is 0 Å². The number of fused-ring (bicyclic) bond motifs is 2. The van der Waals surface area contributed by atoms with Crippen molar-refractivity contribution in [2.45, 2.75) is 36.9 Å². The van der Waals surface area contributed by atoms with Gasteiger partial charge >= 0.3 is 0 Å². The molecule has 0 radical (unpaired) electrons. The third-order valence-corrected chi connectivity index (χ3v) is 6.17. The number of morpholine rings is 1. The molecule has 2 aliphatic heterocycles. The summed E-state index contributed by atoms with van der Waals surface area (Å²) >= 11 is 5.95. The molecule has 0 aromatic heterocycles. The van der Waals surface area contributed by atoms with Crippen LogP contribution in [0.2, 0.25) is 5.02 Å². The summed E-state index contributed by atoms with van der Waals surface area (Å²) in [7, 11) is -3.57. The number of halogens is 1. The molecule has 0 spiro atoms. The lowest BCUT2D eigenvalue weighted by atomic mass is 10.2. The van der Waals surface area contributed by atoms with E-state index in [1.807, 2.05) is 0 Å². The van der Waals surface area contributed by atoms with Gasteiger partial charge in [-0.15, -0.1) is 0 Å². The summed E-state index contributed by atoms with van der Waals surface area (Å²) in [5.74, 6) is 0. The number of anilines is 1. The third-order valence-electron chi connectivity index (χ3n) is 3.99. The molecule has 20 heavy (non-hydrogen) atoms. The highest BCUT2D eigenvalue weighted by Crippen LogP contribution is 2.33. The van der Waals surface area contributed by atoms with Crippen LogP contribution in [0.25, 0.3) is 0 Å². The van der Waals surface area contributed by atoms with Crippen molar-refractivity contribution in [2.24, 2.45) is 0 Å². The first kappa shape index (κ1) is 14.1. The van der Waals surface area contributed by atoms with Gasteiger partial charge in [0.05, 0.1) is 17.1 Å². The molecule has 0 aliphatic carbocycles. The second-order valence-corrected chi connectivity index (χ2v) is 7.74. The van der Waals surface area contributed by atoms with Crippen LogP contribution in [0, 0.1) is 6.92 Å². The predicted molar refractivity (Wildman–Crippen MR) is 77.3 cm³/mol. The van der Waals surface area contributed by atoms with Crippen molar-refractivity contribution in [1.29, 1.82) is 0 Å². The van der Waals surface area contributed by atoms with Gasteiger partial charge in [0.1, 0.15) is 0 Å². The topological polar surface area (TPSA) is 72.6 Å². The van der Waals surface area contributed by atoms with Crippen LogP contribution in [0.15, 0.2) is 17.0 Å². The average molecular weight is 317 g/mol. The lowest BCUT2D eigenvalue weighted by Gasteiger charge is -2.31. The molecular weight excluding hydrogens is 300 g/mol. The third kappa shape index (κ3) is 2.30. The zero-order chi connectivity index (χ0) is 14.5. The number of hydrogen-bond donors (Lipinski definition) is 1. The predicted octanol–water partition coefficient (Wildman–Crippen LogP) is 1.78. The lowest BCUT2D eigenvalue weighted by molar-refractivity contribution is -0.0114. The van der Waals surface area contributed by atoms with Crippen LogP contribution in [0.3, 0.4) is 0 Å². The maximum atomic E-state index is 12.8. The summed E-state index contributed by atoms with van der Waals surface area (Å²) in [5, 5.41) is 0.336. The van der Waals surface area contributed by atoms with Gasteiger partial charge in [0.2, 0.25) is 10.0 Å². The van der Waals surface area contributed by atoms with Gasteiger partial charge in [-0.25, -0.2) is 8.42 Å². The van der Waals surface area contributed by atoms with E-state index >= 15 is 0 Å². The highest BCUT2D eigenvalue weighted by molar-refractivity contribution is 7.89. The van der Waals surface area contributed by atoms with Crippen LogP contribution < -0.4 is 5.73 Å². The minimum absolute atomic E-state index is 0.0142. The van der Waals surface area contributed by atoms with E-state index in [1.165, 1.54) is 10.4 Å². The molecule has 2 unspecified atom stereocenters. The summed E-state index contributed by atoms with van der Waals surface area (Å²) in [6.45, 7) is 2.52. The van der Waals surface area contributed by atoms with Gasteiger partial charge in [-0.2, -0.15) is 4.31 Å². The Kier molecular flexibility index (Phi) is 3.44. The number of nitrogens with two attached hydrogens (primary N) is 1. The fourth-order valence-corrected chi connectivity index (χ4v) is 4.93. The number of nitrogen functional groups attached to an aromatic ring is 1. The van der Waals surface area contributed by atoms with Gasteiger partial charge < -0.3 is 10.5 Å². The van der Waals surface area contributed by atoms with Crippen LogP contribution in [0.5, 0.6) is 0 Å². The van der Waals surface area contributed by atoms with Crippen LogP contribution >= 0.6 is 11.6 Å². The molecule has 1 aromatic carbocycles. The van der Waals surface area contributed by atoms with Gasteiger partial charge in [0.15, 0.2) is 0 Å². The zero-order valence-electron chi connectivity index (χ0n) is 11.2. The maximum absolute atomic E-state index is 12.8. The smallest absolute Gasteiger partial charge is 0.243 e. The molecule has 1 aromatic rings. The first-order valence-corrected chi connectivity index (χ1v) is 8.41. The molecule has 0 saturated carbocycles. The zero-order valence-corrected chi connectivity index (χ0v) is 12.7. The number of ether oxygens (including phenoxy) is 1. The van der Waals surface area contributed by atoms with E-state index in [0.29, 0.717) is 29.4 Å². The molecule has 0 amide bonds. The van der Waals surface area contributed by atoms with E-state index < -0.39 is 10.0 Å². The second kappa shape index (κ2) is 4.87. The summed E-state index contributed by atoms with van der Waals surface area (Å²) in [4.78, 5) is 0.198. The lowest BCUT2D eigenvalue weighted by Crippen LogP contribution is -2.45. The first-order chi connectivity index (χ1) is 9.38. The standard InChI is InChI=1S/C13H17ClN2O3S/c1-8-12(15)4-9(14)5-13(8)20(17,18)16-6-10-2-3-11(7-16)19-10/h4-5,10-11H,2-3,6-7,15H2,1H3. The van der Waals surface area contributed by atoms with Crippen molar-refractivity contribution in [3.05, 3.63) is 22.7 Å². The molecule has 2 fully saturated rings. The van der Waals surface area contributed by atoms with E-state index in [9.17, 15) is 8.42 Å². The van der Waals surface area contributed by atoms with Crippen molar-refractivity contribution in [3.63, 3.8) is 0 Å². The SMILES string of the molecule is Cc1c(N)cc(Cl)cc1S(=O)(=O)N1CC2CCC(C1)O2. The summed E-state index contributed by atoms with van der Waals surface area (Å²) in [5.41, 5.74) is 6.77. The highest BCUT2D eigenvalue weighted by Gasteiger charge is 2.39. The number of nitrogens with zero attached hydrogens (tertiary/aromatic N) is 1. The van der Waals surface area contributed by atoms with Crippen LogP contribution in [0.4, 0.5) is 5.69 Å². The minimum atomic E-state index is -3.57. The van der Waals surface area contributed by atoms with Crippen LogP contribution in [-0.2, 0) is 14.8 Å². The number of benzene rings is 1. The van der Waals surface area contributed by atoms with E-state index in [2.05, 4.69) is 0 Å². The molecule has 2 saturated heterocycles. The number of sulfonamides is 1. The van der Waals surface area contributed by atoms with Gasteiger partial charge in [-0.1, -0.05) is 11.6 Å². The Bertz CT molecular complexity index is 635. The normalized spacial score (nSPS) is 26.9. The molecule has 110 valence electrons. The molecule has 2 aliphatic rings. The molecular formula is C13H17ClN2O3S. The van der Waals surface area contributed by atoms with E-state index in [1.54, 1.807) is 13.0 Å². The highest BCUT2D eigenvalue weighted by atomic mass is 35.5. The average Bonchev–Trinajstić information content (AvgIpc) is 2.72. The van der Waals surface area contributed by atoms with Crippen molar-refractivity contribution >= 4 is 27.3 Å². The Hall–Kier alpha value is -0.820. The maximum Gasteiger partial charge on any atom is 0.243 e.